The molecule has 0 radical (unpaired) electrons. The number of aromatic hydroxyl groups is 1. The van der Waals surface area contributed by atoms with E-state index in [9.17, 15) is 13.9 Å². The normalized spacial score (nSPS) is 11.5. The van der Waals surface area contributed by atoms with Gasteiger partial charge in [-0.15, -0.1) is 0 Å². The van der Waals surface area contributed by atoms with Crippen molar-refractivity contribution in [1.82, 2.24) is 9.97 Å². The van der Waals surface area contributed by atoms with Crippen molar-refractivity contribution in [3.05, 3.63) is 102 Å². The maximum absolute atomic E-state index is 14.7. The zero-order valence-corrected chi connectivity index (χ0v) is 16.6. The summed E-state index contributed by atoms with van der Waals surface area (Å²) in [6, 6.07) is 19.8. The molecule has 2 heterocycles. The van der Waals surface area contributed by atoms with Gasteiger partial charge in [-0.2, -0.15) is 0 Å². The van der Waals surface area contributed by atoms with Crippen LogP contribution in [0.15, 0.2) is 79.0 Å². The lowest BCUT2D eigenvalue weighted by Crippen LogP contribution is -2.21. The van der Waals surface area contributed by atoms with Gasteiger partial charge in [-0.25, -0.2) is 8.78 Å². The first-order chi connectivity index (χ1) is 14.4. The largest absolute Gasteiger partial charge is 0.508 e. The molecule has 4 rings (SSSR count). The number of hydrogen-bond donors (Lipinski definition) is 1. The Balaban J connectivity index is 1.83. The molecule has 0 amide bonds. The second-order valence-corrected chi connectivity index (χ2v) is 7.58. The van der Waals surface area contributed by atoms with Gasteiger partial charge < -0.3 is 5.11 Å². The van der Waals surface area contributed by atoms with Crippen LogP contribution >= 0.6 is 0 Å². The van der Waals surface area contributed by atoms with Crippen molar-refractivity contribution in [2.75, 3.05) is 0 Å². The van der Waals surface area contributed by atoms with Gasteiger partial charge in [-0.05, 0) is 36.4 Å². The lowest BCUT2D eigenvalue weighted by Gasteiger charge is -2.26. The number of halogens is 2. The number of phenolic OH excluding ortho intramolecular Hbond substituents is 1. The van der Waals surface area contributed by atoms with Gasteiger partial charge in [-0.1, -0.05) is 44.2 Å². The van der Waals surface area contributed by atoms with Crippen LogP contribution in [0.3, 0.4) is 0 Å². The highest BCUT2D eigenvalue weighted by Crippen LogP contribution is 2.37. The molecule has 0 atom stereocenters. The smallest absolute Gasteiger partial charge is 0.135 e. The zero-order valence-electron chi connectivity index (χ0n) is 16.6. The zero-order chi connectivity index (χ0) is 21.3. The SMILES string of the molecule is CC(C)(c1cccc(-c2cc(-c3ccccn3)c(F)cc2F)n1)c1ccccc1O. The van der Waals surface area contributed by atoms with Crippen LogP contribution in [0.2, 0.25) is 0 Å². The first kappa shape index (κ1) is 19.7. The molecule has 0 bridgehead atoms. The summed E-state index contributed by atoms with van der Waals surface area (Å²) in [5.74, 6) is -1.21. The van der Waals surface area contributed by atoms with E-state index < -0.39 is 17.0 Å². The molecule has 0 aliphatic rings. The van der Waals surface area contributed by atoms with Crippen LogP contribution in [0.1, 0.15) is 25.1 Å². The number of phenols is 1. The predicted octanol–water partition coefficient (Wildman–Crippen LogP) is 6.12. The van der Waals surface area contributed by atoms with Gasteiger partial charge in [-0.3, -0.25) is 9.97 Å². The van der Waals surface area contributed by atoms with E-state index in [4.69, 9.17) is 0 Å². The molecular weight excluding hydrogens is 382 g/mol. The molecule has 5 heteroatoms. The van der Waals surface area contributed by atoms with Crippen LogP contribution in [0, 0.1) is 11.6 Å². The van der Waals surface area contributed by atoms with Gasteiger partial charge in [0.1, 0.15) is 17.4 Å². The van der Waals surface area contributed by atoms with E-state index in [0.29, 0.717) is 22.6 Å². The maximum atomic E-state index is 14.7. The second-order valence-electron chi connectivity index (χ2n) is 7.58. The number of rotatable bonds is 4. The van der Waals surface area contributed by atoms with Gasteiger partial charge in [0.15, 0.2) is 0 Å². The molecule has 0 saturated heterocycles. The van der Waals surface area contributed by atoms with Crippen LogP contribution in [0.25, 0.3) is 22.5 Å². The van der Waals surface area contributed by atoms with Gasteiger partial charge in [0.2, 0.25) is 0 Å². The third-order valence-corrected chi connectivity index (χ3v) is 5.24. The van der Waals surface area contributed by atoms with E-state index >= 15 is 0 Å². The van der Waals surface area contributed by atoms with Crippen molar-refractivity contribution in [2.45, 2.75) is 19.3 Å². The summed E-state index contributed by atoms with van der Waals surface area (Å²) in [6.07, 6.45) is 1.56. The Labute approximate surface area is 173 Å². The van der Waals surface area contributed by atoms with Gasteiger partial charge >= 0.3 is 0 Å². The van der Waals surface area contributed by atoms with Gasteiger partial charge in [0.25, 0.3) is 0 Å². The third-order valence-electron chi connectivity index (χ3n) is 5.24. The molecule has 150 valence electrons. The maximum Gasteiger partial charge on any atom is 0.135 e. The summed E-state index contributed by atoms with van der Waals surface area (Å²) < 4.78 is 29.1. The van der Waals surface area contributed by atoms with Crippen molar-refractivity contribution in [3.8, 4) is 28.3 Å². The Kier molecular flexibility index (Phi) is 5.04. The Morgan fingerprint density at radius 2 is 1.43 bits per heavy atom. The minimum Gasteiger partial charge on any atom is -0.508 e. The minimum absolute atomic E-state index is 0.167. The highest BCUT2D eigenvalue weighted by Gasteiger charge is 2.28. The number of para-hydroxylation sites is 1. The van der Waals surface area contributed by atoms with Crippen molar-refractivity contribution in [2.24, 2.45) is 0 Å². The molecule has 0 unspecified atom stereocenters. The number of nitrogens with zero attached hydrogens (tertiary/aromatic N) is 2. The van der Waals surface area contributed by atoms with E-state index in [1.54, 1.807) is 48.7 Å². The molecule has 1 N–H and O–H groups in total. The molecule has 2 aromatic heterocycles. The average molecular weight is 402 g/mol. The molecule has 0 saturated carbocycles. The molecule has 0 aliphatic heterocycles. The second kappa shape index (κ2) is 7.67. The molecule has 0 aliphatic carbocycles. The monoisotopic (exact) mass is 402 g/mol. The Bertz CT molecular complexity index is 1210. The lowest BCUT2D eigenvalue weighted by molar-refractivity contribution is 0.451. The van der Waals surface area contributed by atoms with Crippen LogP contribution in [-0.4, -0.2) is 15.1 Å². The molecule has 0 spiro atoms. The molecule has 2 aromatic carbocycles. The standard InChI is InChI=1S/C25H20F2N2O/c1-25(2,18-8-3-4-11-23(18)30)24-12-7-10-22(29-24)17-14-16(19(26)15-20(17)27)21-9-5-6-13-28-21/h3-15,30H,1-2H3. The van der Waals surface area contributed by atoms with Crippen LogP contribution in [0.4, 0.5) is 8.78 Å². The van der Waals surface area contributed by atoms with Crippen LogP contribution in [0.5, 0.6) is 5.75 Å². The Hall–Kier alpha value is -3.60. The van der Waals surface area contributed by atoms with E-state index in [2.05, 4.69) is 9.97 Å². The Morgan fingerprint density at radius 1 is 0.767 bits per heavy atom. The minimum atomic E-state index is -0.697. The topological polar surface area (TPSA) is 46.0 Å². The highest BCUT2D eigenvalue weighted by atomic mass is 19.1. The predicted molar refractivity (Wildman–Crippen MR) is 113 cm³/mol. The quantitative estimate of drug-likeness (QED) is 0.447. The number of hydrogen-bond acceptors (Lipinski definition) is 3. The van der Waals surface area contributed by atoms with Gasteiger partial charge in [0, 0.05) is 34.4 Å². The summed E-state index contributed by atoms with van der Waals surface area (Å²) in [6.45, 7) is 3.88. The van der Waals surface area contributed by atoms with Crippen LogP contribution < -0.4 is 0 Å². The van der Waals surface area contributed by atoms with Crippen molar-refractivity contribution in [3.63, 3.8) is 0 Å². The summed E-state index contributed by atoms with van der Waals surface area (Å²) >= 11 is 0. The van der Waals surface area contributed by atoms with Crippen molar-refractivity contribution >= 4 is 0 Å². The lowest BCUT2D eigenvalue weighted by atomic mass is 9.80. The van der Waals surface area contributed by atoms with E-state index in [1.807, 2.05) is 32.0 Å². The molecular formula is C25H20F2N2O. The summed E-state index contributed by atoms with van der Waals surface area (Å²) in [4.78, 5) is 8.83. The fourth-order valence-electron chi connectivity index (χ4n) is 3.54. The fourth-order valence-corrected chi connectivity index (χ4v) is 3.54. The summed E-state index contributed by atoms with van der Waals surface area (Å²) in [5.41, 5.74) is 1.94. The molecule has 4 aromatic rings. The van der Waals surface area contributed by atoms with E-state index in [-0.39, 0.29) is 16.9 Å². The molecule has 3 nitrogen and oxygen atoms in total. The summed E-state index contributed by atoms with van der Waals surface area (Å²) in [5, 5.41) is 10.3. The van der Waals surface area contributed by atoms with E-state index in [0.717, 1.165) is 6.07 Å². The third kappa shape index (κ3) is 3.54. The number of pyridine rings is 2. The average Bonchev–Trinajstić information content (AvgIpc) is 2.75. The van der Waals surface area contributed by atoms with Crippen LogP contribution in [-0.2, 0) is 5.41 Å². The Morgan fingerprint density at radius 3 is 2.13 bits per heavy atom. The first-order valence-corrected chi connectivity index (χ1v) is 9.55. The highest BCUT2D eigenvalue weighted by molar-refractivity contribution is 5.70. The van der Waals surface area contributed by atoms with Gasteiger partial charge in [0.05, 0.1) is 17.1 Å². The van der Waals surface area contributed by atoms with E-state index in [1.165, 1.54) is 6.07 Å². The van der Waals surface area contributed by atoms with Crippen molar-refractivity contribution < 1.29 is 13.9 Å². The first-order valence-electron chi connectivity index (χ1n) is 9.55. The van der Waals surface area contributed by atoms with Crippen molar-refractivity contribution in [1.29, 1.82) is 0 Å². The molecule has 0 fully saturated rings. The number of aromatic nitrogens is 2. The fraction of sp³-hybridized carbons (Fsp3) is 0.120. The molecule has 30 heavy (non-hydrogen) atoms. The summed E-state index contributed by atoms with van der Waals surface area (Å²) in [7, 11) is 0. The number of benzene rings is 2.